The van der Waals surface area contributed by atoms with Gasteiger partial charge in [0.05, 0.1) is 5.38 Å². The number of halogens is 2. The second kappa shape index (κ2) is 4.75. The van der Waals surface area contributed by atoms with E-state index in [4.69, 9.17) is 11.6 Å². The summed E-state index contributed by atoms with van der Waals surface area (Å²) in [5.74, 6) is 0.685. The molecule has 1 saturated carbocycles. The Bertz CT molecular complexity index is 359. The van der Waals surface area contributed by atoms with Crippen LogP contribution < -0.4 is 0 Å². The van der Waals surface area contributed by atoms with E-state index in [-0.39, 0.29) is 11.2 Å². The van der Waals surface area contributed by atoms with Gasteiger partial charge in [-0.1, -0.05) is 31.4 Å². The molecule has 0 saturated heterocycles. The molecule has 0 aliphatic heterocycles. The summed E-state index contributed by atoms with van der Waals surface area (Å²) >= 11 is 6.39. The quantitative estimate of drug-likeness (QED) is 0.659. The normalized spacial score (nSPS) is 18.2. The van der Waals surface area contributed by atoms with Gasteiger partial charge in [0, 0.05) is 0 Å². The first-order valence-electron chi connectivity index (χ1n) is 5.98. The monoisotopic (exact) mass is 240 g/mol. The van der Waals surface area contributed by atoms with Crippen molar-refractivity contribution in [3.8, 4) is 0 Å². The molecule has 0 bridgehead atoms. The zero-order valence-corrected chi connectivity index (χ0v) is 10.6. The van der Waals surface area contributed by atoms with Crippen LogP contribution in [0.1, 0.15) is 47.8 Å². The van der Waals surface area contributed by atoms with Gasteiger partial charge in [0.25, 0.3) is 0 Å². The summed E-state index contributed by atoms with van der Waals surface area (Å²) in [6, 6.07) is 3.78. The Kier molecular flexibility index (Phi) is 3.53. The molecule has 1 aromatic carbocycles. The SMILES string of the molecule is Cc1cc(C(Cl)CC2CCC2)cc(C)c1F. The molecule has 1 aliphatic rings. The molecule has 0 spiro atoms. The number of hydrogen-bond donors (Lipinski definition) is 0. The summed E-state index contributed by atoms with van der Waals surface area (Å²) in [7, 11) is 0. The van der Waals surface area contributed by atoms with E-state index in [1.54, 1.807) is 13.8 Å². The van der Waals surface area contributed by atoms with Crippen LogP contribution >= 0.6 is 11.6 Å². The van der Waals surface area contributed by atoms with Crippen molar-refractivity contribution in [1.29, 1.82) is 0 Å². The molecule has 1 fully saturated rings. The molecule has 0 amide bonds. The lowest BCUT2D eigenvalue weighted by molar-refractivity contribution is 0.293. The zero-order valence-electron chi connectivity index (χ0n) is 9.89. The maximum atomic E-state index is 13.5. The van der Waals surface area contributed by atoms with Gasteiger partial charge in [-0.25, -0.2) is 4.39 Å². The van der Waals surface area contributed by atoms with Gasteiger partial charge in [-0.15, -0.1) is 11.6 Å². The second-order valence-corrected chi connectivity index (χ2v) is 5.50. The molecular formula is C14H18ClF. The van der Waals surface area contributed by atoms with Crippen molar-refractivity contribution >= 4 is 11.6 Å². The van der Waals surface area contributed by atoms with Gasteiger partial charge in [-0.2, -0.15) is 0 Å². The fourth-order valence-electron chi connectivity index (χ4n) is 2.32. The summed E-state index contributed by atoms with van der Waals surface area (Å²) in [6.45, 7) is 3.61. The average molecular weight is 241 g/mol. The summed E-state index contributed by atoms with van der Waals surface area (Å²) in [5.41, 5.74) is 2.48. The highest BCUT2D eigenvalue weighted by Gasteiger charge is 2.22. The van der Waals surface area contributed by atoms with Crippen LogP contribution in [0.15, 0.2) is 12.1 Å². The zero-order chi connectivity index (χ0) is 11.7. The maximum absolute atomic E-state index is 13.5. The molecule has 0 heterocycles. The molecule has 2 heteroatoms. The number of alkyl halides is 1. The molecule has 1 aromatic rings. The van der Waals surface area contributed by atoms with E-state index in [1.165, 1.54) is 19.3 Å². The highest BCUT2D eigenvalue weighted by atomic mass is 35.5. The topological polar surface area (TPSA) is 0 Å². The summed E-state index contributed by atoms with van der Waals surface area (Å²) < 4.78 is 13.5. The molecule has 0 N–H and O–H groups in total. The highest BCUT2D eigenvalue weighted by molar-refractivity contribution is 6.20. The summed E-state index contributed by atoms with van der Waals surface area (Å²) in [6.07, 6.45) is 4.99. The van der Waals surface area contributed by atoms with Crippen molar-refractivity contribution in [2.45, 2.75) is 44.9 Å². The molecule has 1 unspecified atom stereocenters. The number of aryl methyl sites for hydroxylation is 2. The van der Waals surface area contributed by atoms with E-state index in [9.17, 15) is 4.39 Å². The fourth-order valence-corrected chi connectivity index (χ4v) is 2.70. The van der Waals surface area contributed by atoms with E-state index < -0.39 is 0 Å². The van der Waals surface area contributed by atoms with Crippen molar-refractivity contribution < 1.29 is 4.39 Å². The Morgan fingerprint density at radius 3 is 2.31 bits per heavy atom. The van der Waals surface area contributed by atoms with Gasteiger partial charge in [0.15, 0.2) is 0 Å². The smallest absolute Gasteiger partial charge is 0.129 e. The number of hydrogen-bond acceptors (Lipinski definition) is 0. The van der Waals surface area contributed by atoms with E-state index >= 15 is 0 Å². The third kappa shape index (κ3) is 2.40. The molecule has 2 rings (SSSR count). The Hall–Kier alpha value is -0.560. The summed E-state index contributed by atoms with van der Waals surface area (Å²) in [5, 5.41) is 0.0447. The first kappa shape index (κ1) is 11.9. The van der Waals surface area contributed by atoms with E-state index in [0.29, 0.717) is 11.1 Å². The van der Waals surface area contributed by atoms with Gasteiger partial charge < -0.3 is 0 Å². The first-order chi connectivity index (χ1) is 7.58. The van der Waals surface area contributed by atoms with Crippen molar-refractivity contribution in [3.05, 3.63) is 34.6 Å². The van der Waals surface area contributed by atoms with Gasteiger partial charge in [0.1, 0.15) is 5.82 Å². The maximum Gasteiger partial charge on any atom is 0.129 e. The Morgan fingerprint density at radius 1 is 1.31 bits per heavy atom. The molecule has 0 aromatic heterocycles. The van der Waals surface area contributed by atoms with E-state index in [1.807, 2.05) is 12.1 Å². The van der Waals surface area contributed by atoms with Crippen LogP contribution in [0.25, 0.3) is 0 Å². The Morgan fingerprint density at radius 2 is 1.88 bits per heavy atom. The molecule has 0 radical (unpaired) electrons. The third-order valence-corrected chi connectivity index (χ3v) is 4.02. The van der Waals surface area contributed by atoms with E-state index in [2.05, 4.69) is 0 Å². The predicted molar refractivity (Wildman–Crippen MR) is 66.4 cm³/mol. The molecular weight excluding hydrogens is 223 g/mol. The van der Waals surface area contributed by atoms with Crippen molar-refractivity contribution in [1.82, 2.24) is 0 Å². The molecule has 88 valence electrons. The van der Waals surface area contributed by atoms with Crippen molar-refractivity contribution in [3.63, 3.8) is 0 Å². The van der Waals surface area contributed by atoms with Crippen LogP contribution in [0.3, 0.4) is 0 Å². The molecule has 0 nitrogen and oxygen atoms in total. The van der Waals surface area contributed by atoms with Gasteiger partial charge in [-0.3, -0.25) is 0 Å². The van der Waals surface area contributed by atoms with Crippen LogP contribution in [-0.2, 0) is 0 Å². The number of benzene rings is 1. The first-order valence-corrected chi connectivity index (χ1v) is 6.42. The van der Waals surface area contributed by atoms with Gasteiger partial charge in [0.2, 0.25) is 0 Å². The van der Waals surface area contributed by atoms with Gasteiger partial charge >= 0.3 is 0 Å². The minimum atomic E-state index is -0.101. The van der Waals surface area contributed by atoms with Crippen LogP contribution in [-0.4, -0.2) is 0 Å². The van der Waals surface area contributed by atoms with Crippen molar-refractivity contribution in [2.75, 3.05) is 0 Å². The standard InChI is InChI=1S/C14H18ClF/c1-9-6-12(7-10(2)14(9)16)13(15)8-11-4-3-5-11/h6-7,11,13H,3-5,8H2,1-2H3. The van der Waals surface area contributed by atoms with Crippen molar-refractivity contribution in [2.24, 2.45) is 5.92 Å². The minimum absolute atomic E-state index is 0.0447. The predicted octanol–water partition coefficient (Wildman–Crippen LogP) is 4.91. The average Bonchev–Trinajstić information content (AvgIpc) is 2.19. The van der Waals surface area contributed by atoms with Crippen LogP contribution in [0.5, 0.6) is 0 Å². The number of rotatable bonds is 3. The molecule has 1 atom stereocenters. The fraction of sp³-hybridized carbons (Fsp3) is 0.571. The van der Waals surface area contributed by atoms with Crippen LogP contribution in [0, 0.1) is 25.6 Å². The van der Waals surface area contributed by atoms with Crippen LogP contribution in [0.2, 0.25) is 0 Å². The molecule has 16 heavy (non-hydrogen) atoms. The Labute approximate surface area is 102 Å². The second-order valence-electron chi connectivity index (χ2n) is 4.97. The Balaban J connectivity index is 2.12. The third-order valence-electron chi connectivity index (χ3n) is 3.59. The lowest BCUT2D eigenvalue weighted by atomic mass is 9.81. The van der Waals surface area contributed by atoms with Crippen LogP contribution in [0.4, 0.5) is 4.39 Å². The minimum Gasteiger partial charge on any atom is -0.206 e. The lowest BCUT2D eigenvalue weighted by Gasteiger charge is -2.27. The summed E-state index contributed by atoms with van der Waals surface area (Å²) in [4.78, 5) is 0. The largest absolute Gasteiger partial charge is 0.206 e. The van der Waals surface area contributed by atoms with E-state index in [0.717, 1.165) is 17.9 Å². The lowest BCUT2D eigenvalue weighted by Crippen LogP contribution is -2.13. The van der Waals surface area contributed by atoms with Gasteiger partial charge in [-0.05, 0) is 42.9 Å². The highest BCUT2D eigenvalue weighted by Crippen LogP contribution is 2.38. The molecule has 1 aliphatic carbocycles.